The van der Waals surface area contributed by atoms with E-state index in [0.717, 1.165) is 4.47 Å². The van der Waals surface area contributed by atoms with Crippen LogP contribution in [0.3, 0.4) is 0 Å². The second-order valence-electron chi connectivity index (χ2n) is 4.15. The third-order valence-corrected chi connectivity index (χ3v) is 3.71. The van der Waals surface area contributed by atoms with Gasteiger partial charge in [-0.15, -0.1) is 0 Å². The quantitative estimate of drug-likeness (QED) is 0.641. The van der Waals surface area contributed by atoms with Gasteiger partial charge in [0.2, 0.25) is 5.82 Å². The van der Waals surface area contributed by atoms with Crippen molar-refractivity contribution in [2.75, 3.05) is 5.73 Å². The van der Waals surface area contributed by atoms with E-state index in [1.807, 2.05) is 6.07 Å². The fourth-order valence-corrected chi connectivity index (χ4v) is 2.88. The predicted octanol–water partition coefficient (Wildman–Crippen LogP) is 4.04. The summed E-state index contributed by atoms with van der Waals surface area (Å²) in [6.07, 6.45) is 1.61. The van der Waals surface area contributed by atoms with Gasteiger partial charge in [-0.3, -0.25) is 4.98 Å². The topological polar surface area (TPSA) is 77.8 Å². The van der Waals surface area contributed by atoms with Gasteiger partial charge >= 0.3 is 0 Å². The van der Waals surface area contributed by atoms with Gasteiger partial charge < -0.3 is 10.3 Å². The summed E-state index contributed by atoms with van der Waals surface area (Å²) >= 11 is 6.68. The third kappa shape index (κ3) is 2.81. The van der Waals surface area contributed by atoms with E-state index in [2.05, 4.69) is 47.0 Å². The normalized spacial score (nSPS) is 10.8. The van der Waals surface area contributed by atoms with Crippen LogP contribution in [-0.4, -0.2) is 15.1 Å². The molecule has 0 aliphatic carbocycles. The number of nitrogens with zero attached hydrogens (tertiary/aromatic N) is 3. The minimum atomic E-state index is -0.520. The molecule has 0 atom stereocenters. The molecule has 0 amide bonds. The first-order valence-corrected chi connectivity index (χ1v) is 7.34. The Kier molecular flexibility index (Phi) is 3.73. The first-order valence-electron chi connectivity index (χ1n) is 5.75. The number of benzene rings is 1. The summed E-state index contributed by atoms with van der Waals surface area (Å²) in [6.45, 7) is 0. The van der Waals surface area contributed by atoms with Crippen LogP contribution in [-0.2, 0) is 0 Å². The summed E-state index contributed by atoms with van der Waals surface area (Å²) < 4.78 is 20.4. The van der Waals surface area contributed by atoms with E-state index in [0.29, 0.717) is 15.9 Å². The molecule has 0 bridgehead atoms. The van der Waals surface area contributed by atoms with Gasteiger partial charge in [-0.05, 0) is 56.1 Å². The molecule has 1 aromatic carbocycles. The van der Waals surface area contributed by atoms with Crippen LogP contribution in [0.4, 0.5) is 10.1 Å². The van der Waals surface area contributed by atoms with Crippen LogP contribution < -0.4 is 5.73 Å². The van der Waals surface area contributed by atoms with Crippen molar-refractivity contribution in [1.29, 1.82) is 0 Å². The molecule has 2 aromatic heterocycles. The highest BCUT2D eigenvalue weighted by Crippen LogP contribution is 2.29. The minimum absolute atomic E-state index is 0.0686. The van der Waals surface area contributed by atoms with Crippen molar-refractivity contribution in [1.82, 2.24) is 15.1 Å². The Morgan fingerprint density at radius 2 is 2.00 bits per heavy atom. The lowest BCUT2D eigenvalue weighted by Gasteiger charge is -1.99. The highest BCUT2D eigenvalue weighted by molar-refractivity contribution is 9.11. The van der Waals surface area contributed by atoms with E-state index in [1.165, 1.54) is 12.1 Å². The fourth-order valence-electron chi connectivity index (χ4n) is 1.71. The molecule has 8 heteroatoms. The van der Waals surface area contributed by atoms with Crippen molar-refractivity contribution in [3.8, 4) is 23.0 Å². The Labute approximate surface area is 135 Å². The maximum absolute atomic E-state index is 13.8. The Morgan fingerprint density at radius 3 is 2.71 bits per heavy atom. The second kappa shape index (κ2) is 5.53. The lowest BCUT2D eigenvalue weighted by molar-refractivity contribution is 0.429. The van der Waals surface area contributed by atoms with Crippen molar-refractivity contribution in [3.05, 3.63) is 45.2 Å². The van der Waals surface area contributed by atoms with Crippen molar-refractivity contribution in [2.24, 2.45) is 0 Å². The monoisotopic (exact) mass is 412 g/mol. The van der Waals surface area contributed by atoms with Crippen LogP contribution >= 0.6 is 31.9 Å². The number of hydrogen-bond acceptors (Lipinski definition) is 5. The van der Waals surface area contributed by atoms with Crippen LogP contribution in [0.1, 0.15) is 0 Å². The number of halogens is 3. The van der Waals surface area contributed by atoms with E-state index in [4.69, 9.17) is 10.3 Å². The van der Waals surface area contributed by atoms with Crippen molar-refractivity contribution in [3.63, 3.8) is 0 Å². The Balaban J connectivity index is 2.03. The molecule has 5 nitrogen and oxygen atoms in total. The molecule has 0 saturated heterocycles. The molecule has 0 aliphatic rings. The Morgan fingerprint density at radius 1 is 1.19 bits per heavy atom. The number of pyridine rings is 1. The summed E-state index contributed by atoms with van der Waals surface area (Å²) in [4.78, 5) is 8.36. The van der Waals surface area contributed by atoms with Gasteiger partial charge in [-0.1, -0.05) is 5.16 Å². The zero-order valence-corrected chi connectivity index (χ0v) is 13.5. The zero-order chi connectivity index (χ0) is 15.0. The zero-order valence-electron chi connectivity index (χ0n) is 10.3. The van der Waals surface area contributed by atoms with Crippen LogP contribution in [0.2, 0.25) is 0 Å². The van der Waals surface area contributed by atoms with Gasteiger partial charge in [0.15, 0.2) is 0 Å². The smallest absolute Gasteiger partial charge is 0.261 e. The second-order valence-corrected chi connectivity index (χ2v) is 5.92. The largest absolute Gasteiger partial charge is 0.399 e. The molecule has 0 radical (unpaired) electrons. The maximum Gasteiger partial charge on any atom is 0.261 e. The first kappa shape index (κ1) is 14.2. The van der Waals surface area contributed by atoms with Crippen LogP contribution in [0.5, 0.6) is 0 Å². The highest BCUT2D eigenvalue weighted by Gasteiger charge is 2.17. The molecule has 0 spiro atoms. The predicted molar refractivity (Wildman–Crippen MR) is 82.7 cm³/mol. The molecule has 3 aromatic rings. The van der Waals surface area contributed by atoms with E-state index in [1.54, 1.807) is 12.3 Å². The number of aromatic nitrogens is 3. The number of hydrogen-bond donors (Lipinski definition) is 1. The first-order chi connectivity index (χ1) is 10.0. The highest BCUT2D eigenvalue weighted by atomic mass is 79.9. The van der Waals surface area contributed by atoms with Gasteiger partial charge in [-0.2, -0.15) is 4.98 Å². The average Bonchev–Trinajstić information content (AvgIpc) is 2.87. The summed E-state index contributed by atoms with van der Waals surface area (Å²) in [6, 6.07) is 6.07. The van der Waals surface area contributed by atoms with Gasteiger partial charge in [0.1, 0.15) is 11.5 Å². The molecular formula is C13H7Br2FN4O. The molecule has 3 rings (SSSR count). The van der Waals surface area contributed by atoms with E-state index in [-0.39, 0.29) is 17.3 Å². The molecule has 2 heterocycles. The van der Waals surface area contributed by atoms with Crippen molar-refractivity contribution < 1.29 is 8.91 Å². The SMILES string of the molecule is Nc1ccc(-c2nc(-c3ncc(Br)cc3Br)no2)c(F)c1. The molecule has 0 aliphatic heterocycles. The van der Waals surface area contributed by atoms with Crippen LogP contribution in [0.15, 0.2) is 43.9 Å². The lowest BCUT2D eigenvalue weighted by Crippen LogP contribution is -1.90. The van der Waals surface area contributed by atoms with E-state index >= 15 is 0 Å². The Bertz CT molecular complexity index is 756. The maximum atomic E-state index is 13.8. The van der Waals surface area contributed by atoms with Crippen molar-refractivity contribution >= 4 is 37.5 Å². The third-order valence-electron chi connectivity index (χ3n) is 2.67. The van der Waals surface area contributed by atoms with Gasteiger partial charge in [-0.25, -0.2) is 4.39 Å². The molecule has 106 valence electrons. The van der Waals surface area contributed by atoms with E-state index in [9.17, 15) is 4.39 Å². The standard InChI is InChI=1S/C13H7Br2FN4O/c14-6-3-9(15)11(18-5-6)12-19-13(21-20-12)8-2-1-7(17)4-10(8)16/h1-5H,17H2. The van der Waals surface area contributed by atoms with Crippen LogP contribution in [0.25, 0.3) is 23.0 Å². The van der Waals surface area contributed by atoms with Gasteiger partial charge in [0.25, 0.3) is 5.89 Å². The average molecular weight is 414 g/mol. The van der Waals surface area contributed by atoms with Gasteiger partial charge in [0, 0.05) is 20.8 Å². The number of anilines is 1. The number of rotatable bonds is 2. The molecule has 0 fully saturated rings. The molecule has 21 heavy (non-hydrogen) atoms. The number of nitrogens with two attached hydrogens (primary N) is 1. The Hall–Kier alpha value is -1.80. The van der Waals surface area contributed by atoms with Gasteiger partial charge in [0.05, 0.1) is 5.56 Å². The summed E-state index contributed by atoms with van der Waals surface area (Å²) in [5, 5.41) is 3.83. The lowest BCUT2D eigenvalue weighted by atomic mass is 10.2. The summed E-state index contributed by atoms with van der Waals surface area (Å²) in [5.74, 6) is -0.187. The molecule has 0 unspecified atom stereocenters. The van der Waals surface area contributed by atoms with E-state index < -0.39 is 5.82 Å². The molecule has 0 saturated carbocycles. The minimum Gasteiger partial charge on any atom is -0.399 e. The number of nitrogen functional groups attached to an aromatic ring is 1. The summed E-state index contributed by atoms with van der Waals surface area (Å²) in [7, 11) is 0. The summed E-state index contributed by atoms with van der Waals surface area (Å²) in [5.41, 5.74) is 6.53. The van der Waals surface area contributed by atoms with Crippen LogP contribution in [0, 0.1) is 5.82 Å². The fraction of sp³-hybridized carbons (Fsp3) is 0. The molecule has 2 N–H and O–H groups in total. The van der Waals surface area contributed by atoms with Crippen molar-refractivity contribution in [2.45, 2.75) is 0 Å². The molecular weight excluding hydrogens is 407 g/mol.